The van der Waals surface area contributed by atoms with Crippen molar-refractivity contribution in [3.05, 3.63) is 110 Å². The molecular formula is C30H22BrClN2O4. The van der Waals surface area contributed by atoms with Gasteiger partial charge in [-0.1, -0.05) is 60.1 Å². The summed E-state index contributed by atoms with van der Waals surface area (Å²) in [5, 5.41) is 4.76. The predicted octanol–water partition coefficient (Wildman–Crippen LogP) is 7.12. The van der Waals surface area contributed by atoms with Gasteiger partial charge >= 0.3 is 6.03 Å². The first kappa shape index (κ1) is 25.7. The van der Waals surface area contributed by atoms with Gasteiger partial charge in [0.1, 0.15) is 12.2 Å². The lowest BCUT2D eigenvalue weighted by Crippen LogP contribution is -2.54. The van der Waals surface area contributed by atoms with Crippen LogP contribution in [-0.4, -0.2) is 17.8 Å². The van der Waals surface area contributed by atoms with Crippen LogP contribution in [0.2, 0.25) is 5.02 Å². The fourth-order valence-corrected chi connectivity index (χ4v) is 5.50. The number of hydrogen-bond acceptors (Lipinski definition) is 4. The lowest BCUT2D eigenvalue weighted by molar-refractivity contribution is -0.122. The van der Waals surface area contributed by atoms with Gasteiger partial charge in [-0.2, -0.15) is 0 Å². The molecule has 0 radical (unpaired) electrons. The van der Waals surface area contributed by atoms with Gasteiger partial charge in [-0.3, -0.25) is 14.9 Å². The van der Waals surface area contributed by atoms with E-state index in [-0.39, 0.29) is 5.57 Å². The standard InChI is InChI=1S/C30H22BrClN2O4/c1-17-10-18(2)12-22(11-17)34-29(36)24(28(35)33-30(34)37)13-19-14-25(31)27(26(32)15-19)38-16-21-8-5-7-20-6-3-4-9-23(20)21/h3-15H,16H2,1-2H3,(H,33,35,37)/b24-13+. The second-order valence-corrected chi connectivity index (χ2v) is 10.3. The molecule has 0 atom stereocenters. The van der Waals surface area contributed by atoms with E-state index in [2.05, 4.69) is 21.2 Å². The first-order chi connectivity index (χ1) is 18.2. The number of amides is 4. The average molecular weight is 590 g/mol. The van der Waals surface area contributed by atoms with Gasteiger partial charge in [0.2, 0.25) is 0 Å². The van der Waals surface area contributed by atoms with E-state index in [1.165, 1.54) is 6.08 Å². The van der Waals surface area contributed by atoms with Crippen LogP contribution >= 0.6 is 27.5 Å². The van der Waals surface area contributed by atoms with E-state index in [1.54, 1.807) is 24.3 Å². The highest BCUT2D eigenvalue weighted by Crippen LogP contribution is 2.36. The number of anilines is 1. The largest absolute Gasteiger partial charge is 0.486 e. The van der Waals surface area contributed by atoms with Gasteiger partial charge in [0, 0.05) is 0 Å². The molecule has 4 aromatic carbocycles. The molecule has 0 aliphatic carbocycles. The molecule has 38 heavy (non-hydrogen) atoms. The van der Waals surface area contributed by atoms with Crippen LogP contribution in [0, 0.1) is 13.8 Å². The molecule has 0 bridgehead atoms. The van der Waals surface area contributed by atoms with Crippen LogP contribution in [0.5, 0.6) is 5.75 Å². The number of hydrogen-bond donors (Lipinski definition) is 1. The SMILES string of the molecule is Cc1cc(C)cc(N2C(=O)NC(=O)/C(=C\c3cc(Cl)c(OCc4cccc5ccccc45)c(Br)c3)C2=O)c1. The molecule has 0 saturated carbocycles. The summed E-state index contributed by atoms with van der Waals surface area (Å²) >= 11 is 10.1. The number of ether oxygens (including phenoxy) is 1. The van der Waals surface area contributed by atoms with Gasteiger partial charge < -0.3 is 4.74 Å². The number of imide groups is 2. The smallest absolute Gasteiger partial charge is 0.335 e. The van der Waals surface area contributed by atoms with Crippen LogP contribution in [-0.2, 0) is 16.2 Å². The Morgan fingerprint density at radius 2 is 1.66 bits per heavy atom. The number of urea groups is 1. The van der Waals surface area contributed by atoms with Crippen molar-refractivity contribution in [1.29, 1.82) is 0 Å². The third-order valence-electron chi connectivity index (χ3n) is 6.15. The van der Waals surface area contributed by atoms with Crippen LogP contribution < -0.4 is 15.0 Å². The molecule has 1 saturated heterocycles. The quantitative estimate of drug-likeness (QED) is 0.199. The summed E-state index contributed by atoms with van der Waals surface area (Å²) < 4.78 is 6.62. The van der Waals surface area contributed by atoms with Crippen molar-refractivity contribution in [2.24, 2.45) is 0 Å². The van der Waals surface area contributed by atoms with Crippen molar-refractivity contribution in [3.63, 3.8) is 0 Å². The van der Waals surface area contributed by atoms with E-state index in [9.17, 15) is 14.4 Å². The molecule has 190 valence electrons. The number of barbiturate groups is 1. The second kappa shape index (κ2) is 10.4. The molecule has 5 rings (SSSR count). The fraction of sp³-hybridized carbons (Fsp3) is 0.100. The highest BCUT2D eigenvalue weighted by atomic mass is 79.9. The van der Waals surface area contributed by atoms with Crippen LogP contribution in [0.15, 0.2) is 82.8 Å². The van der Waals surface area contributed by atoms with Gasteiger partial charge in [0.05, 0.1) is 15.2 Å². The van der Waals surface area contributed by atoms with E-state index < -0.39 is 17.8 Å². The van der Waals surface area contributed by atoms with Gasteiger partial charge in [0.25, 0.3) is 11.8 Å². The lowest BCUT2D eigenvalue weighted by atomic mass is 10.0. The van der Waals surface area contributed by atoms with Crippen LogP contribution in [0.3, 0.4) is 0 Å². The fourth-order valence-electron chi connectivity index (χ4n) is 4.51. The van der Waals surface area contributed by atoms with Crippen molar-refractivity contribution in [3.8, 4) is 5.75 Å². The van der Waals surface area contributed by atoms with Crippen LogP contribution in [0.4, 0.5) is 10.5 Å². The minimum atomic E-state index is -0.793. The highest BCUT2D eigenvalue weighted by Gasteiger charge is 2.37. The Balaban J connectivity index is 1.43. The van der Waals surface area contributed by atoms with Gasteiger partial charge in [-0.15, -0.1) is 0 Å². The van der Waals surface area contributed by atoms with Crippen molar-refractivity contribution in [1.82, 2.24) is 5.32 Å². The Morgan fingerprint density at radius 1 is 0.947 bits per heavy atom. The maximum atomic E-state index is 13.3. The molecule has 1 fully saturated rings. The normalized spacial score (nSPS) is 14.8. The van der Waals surface area contributed by atoms with E-state index >= 15 is 0 Å². The minimum Gasteiger partial charge on any atom is -0.486 e. The predicted molar refractivity (Wildman–Crippen MR) is 152 cm³/mol. The van der Waals surface area contributed by atoms with Crippen LogP contribution in [0.1, 0.15) is 22.3 Å². The number of nitrogens with one attached hydrogen (secondary N) is 1. The van der Waals surface area contributed by atoms with E-state index in [0.29, 0.717) is 33.1 Å². The van der Waals surface area contributed by atoms with Crippen LogP contribution in [0.25, 0.3) is 16.8 Å². The van der Waals surface area contributed by atoms with Crippen molar-refractivity contribution < 1.29 is 19.1 Å². The maximum Gasteiger partial charge on any atom is 0.335 e. The molecule has 4 aromatic rings. The molecule has 6 nitrogen and oxygen atoms in total. The van der Waals surface area contributed by atoms with E-state index in [4.69, 9.17) is 16.3 Å². The lowest BCUT2D eigenvalue weighted by Gasteiger charge is -2.27. The number of fused-ring (bicyclic) bond motifs is 1. The first-order valence-electron chi connectivity index (χ1n) is 11.8. The molecule has 1 N–H and O–H groups in total. The van der Waals surface area contributed by atoms with Crippen molar-refractivity contribution in [2.75, 3.05) is 4.90 Å². The number of nitrogens with zero attached hydrogens (tertiary/aromatic N) is 1. The maximum absolute atomic E-state index is 13.3. The molecular weight excluding hydrogens is 568 g/mol. The monoisotopic (exact) mass is 588 g/mol. The molecule has 0 unspecified atom stereocenters. The second-order valence-electron chi connectivity index (χ2n) is 9.04. The topological polar surface area (TPSA) is 75.7 Å². The zero-order valence-electron chi connectivity index (χ0n) is 20.5. The van der Waals surface area contributed by atoms with Crippen molar-refractivity contribution >= 4 is 67.9 Å². The number of benzene rings is 4. The number of rotatable bonds is 5. The first-order valence-corrected chi connectivity index (χ1v) is 13.0. The summed E-state index contributed by atoms with van der Waals surface area (Å²) in [5.74, 6) is -1.05. The zero-order valence-corrected chi connectivity index (χ0v) is 22.9. The molecule has 1 heterocycles. The summed E-state index contributed by atoms with van der Waals surface area (Å²) in [5.41, 5.74) is 3.48. The Morgan fingerprint density at radius 3 is 2.39 bits per heavy atom. The highest BCUT2D eigenvalue weighted by molar-refractivity contribution is 9.10. The molecule has 1 aliphatic heterocycles. The summed E-state index contributed by atoms with van der Waals surface area (Å²) in [4.78, 5) is 39.4. The summed E-state index contributed by atoms with van der Waals surface area (Å²) in [6.45, 7) is 4.04. The van der Waals surface area contributed by atoms with Gasteiger partial charge in [-0.05, 0) is 93.1 Å². The zero-order chi connectivity index (χ0) is 27.0. The number of aryl methyl sites for hydroxylation is 2. The Bertz CT molecular complexity index is 1620. The molecule has 0 spiro atoms. The number of carbonyl (C=O) groups excluding carboxylic acids is 3. The third kappa shape index (κ3) is 5.08. The molecule has 0 aromatic heterocycles. The molecule has 4 amide bonds. The summed E-state index contributed by atoms with van der Waals surface area (Å²) in [6, 6.07) is 22.0. The summed E-state index contributed by atoms with van der Waals surface area (Å²) in [7, 11) is 0. The summed E-state index contributed by atoms with van der Waals surface area (Å²) in [6.07, 6.45) is 1.41. The Labute approximate surface area is 233 Å². The Kier molecular flexibility index (Phi) is 7.06. The number of halogens is 2. The van der Waals surface area contributed by atoms with Gasteiger partial charge in [0.15, 0.2) is 5.75 Å². The minimum absolute atomic E-state index is 0.184. The third-order valence-corrected chi connectivity index (χ3v) is 7.02. The van der Waals surface area contributed by atoms with Crippen molar-refractivity contribution in [2.45, 2.75) is 20.5 Å². The van der Waals surface area contributed by atoms with E-state index in [1.807, 2.05) is 62.4 Å². The number of carbonyl (C=O) groups is 3. The van der Waals surface area contributed by atoms with E-state index in [0.717, 1.165) is 32.4 Å². The molecule has 1 aliphatic rings. The Hall–Kier alpha value is -3.94. The van der Waals surface area contributed by atoms with Gasteiger partial charge in [-0.25, -0.2) is 9.69 Å². The molecule has 8 heteroatoms. The average Bonchev–Trinajstić information content (AvgIpc) is 2.85.